The van der Waals surface area contributed by atoms with E-state index in [1.54, 1.807) is 25.1 Å². The molecule has 2 heterocycles. The molecule has 0 bridgehead atoms. The average molecular weight is 348 g/mol. The van der Waals surface area contributed by atoms with Crippen molar-refractivity contribution in [2.24, 2.45) is 0 Å². The smallest absolute Gasteiger partial charge is 0.223 e. The Hall–Kier alpha value is -3.28. The molecule has 0 saturated carbocycles. The van der Waals surface area contributed by atoms with Crippen molar-refractivity contribution in [2.75, 3.05) is 5.32 Å². The number of nitrogens with one attached hydrogen (secondary N) is 1. The number of hydrogen-bond donors (Lipinski definition) is 1. The van der Waals surface area contributed by atoms with Gasteiger partial charge in [-0.3, -0.25) is 0 Å². The number of aromatic nitrogens is 3. The molecule has 0 aliphatic rings. The average Bonchev–Trinajstić information content (AvgIpc) is 3.06. The lowest BCUT2D eigenvalue weighted by molar-refractivity contribution is 0.394. The summed E-state index contributed by atoms with van der Waals surface area (Å²) in [5.74, 6) is 1.26. The fraction of sp³-hybridized carbons (Fsp3) is 0.150. The summed E-state index contributed by atoms with van der Waals surface area (Å²) >= 11 is 0. The highest BCUT2D eigenvalue weighted by Crippen LogP contribution is 2.29. The zero-order chi connectivity index (χ0) is 18.1. The first kappa shape index (κ1) is 16.2. The van der Waals surface area contributed by atoms with Gasteiger partial charge in [-0.15, -0.1) is 0 Å². The number of rotatable bonds is 4. The predicted octanol–water partition coefficient (Wildman–Crippen LogP) is 4.65. The third kappa shape index (κ3) is 3.13. The maximum absolute atomic E-state index is 13.9. The Morgan fingerprint density at radius 3 is 2.65 bits per heavy atom. The molecule has 0 unspecified atom stereocenters. The third-order valence-electron chi connectivity index (χ3n) is 4.15. The fourth-order valence-electron chi connectivity index (χ4n) is 2.81. The van der Waals surface area contributed by atoms with Crippen LogP contribution in [0.4, 0.5) is 10.2 Å². The van der Waals surface area contributed by atoms with E-state index in [-0.39, 0.29) is 5.82 Å². The molecule has 0 spiro atoms. The van der Waals surface area contributed by atoms with E-state index in [0.29, 0.717) is 29.6 Å². The number of aryl methyl sites for hydroxylation is 2. The molecule has 0 atom stereocenters. The molecule has 4 rings (SSSR count). The second-order valence-electron chi connectivity index (χ2n) is 6.16. The number of halogens is 1. The third-order valence-corrected chi connectivity index (χ3v) is 4.15. The van der Waals surface area contributed by atoms with E-state index in [1.807, 2.05) is 31.2 Å². The van der Waals surface area contributed by atoms with Crippen molar-refractivity contribution in [1.82, 2.24) is 15.1 Å². The summed E-state index contributed by atoms with van der Waals surface area (Å²) in [6, 6.07) is 14.7. The molecule has 0 saturated heterocycles. The summed E-state index contributed by atoms with van der Waals surface area (Å²) in [4.78, 5) is 9.02. The Labute approximate surface area is 149 Å². The Morgan fingerprint density at radius 2 is 1.88 bits per heavy atom. The molecular formula is C20H17FN4O. The molecule has 1 N–H and O–H groups in total. The number of hydrogen-bond acceptors (Lipinski definition) is 5. The summed E-state index contributed by atoms with van der Waals surface area (Å²) in [5, 5.41) is 8.20. The van der Waals surface area contributed by atoms with Gasteiger partial charge in [0.2, 0.25) is 11.7 Å². The van der Waals surface area contributed by atoms with Gasteiger partial charge in [0, 0.05) is 24.4 Å². The van der Waals surface area contributed by atoms with Crippen LogP contribution in [0.1, 0.15) is 17.0 Å². The topological polar surface area (TPSA) is 63.8 Å². The Balaban J connectivity index is 1.78. The summed E-state index contributed by atoms with van der Waals surface area (Å²) in [5.41, 5.74) is 3.25. The van der Waals surface area contributed by atoms with Crippen LogP contribution in [-0.2, 0) is 6.54 Å². The molecule has 0 fully saturated rings. The minimum Gasteiger partial charge on any atom is -0.365 e. The standard InChI is InChI=1S/C20H17FN4O/c1-12-7-8-14-10-16(20-23-13(2)26-25-20)19(24-18(14)9-12)22-11-15-5-3-4-6-17(15)21/h3-10H,11H2,1-2H3,(H,22,24). The first-order valence-electron chi connectivity index (χ1n) is 8.29. The van der Waals surface area contributed by atoms with Crippen LogP contribution in [-0.4, -0.2) is 15.1 Å². The molecule has 5 nitrogen and oxygen atoms in total. The minimum atomic E-state index is -0.256. The summed E-state index contributed by atoms with van der Waals surface area (Å²) in [6.07, 6.45) is 0. The van der Waals surface area contributed by atoms with Crippen molar-refractivity contribution in [3.63, 3.8) is 0 Å². The van der Waals surface area contributed by atoms with Gasteiger partial charge in [-0.1, -0.05) is 35.5 Å². The molecule has 6 heteroatoms. The second kappa shape index (κ2) is 6.55. The Kier molecular flexibility index (Phi) is 4.08. The molecule has 130 valence electrons. The van der Waals surface area contributed by atoms with E-state index in [1.165, 1.54) is 6.07 Å². The lowest BCUT2D eigenvalue weighted by Crippen LogP contribution is -2.05. The van der Waals surface area contributed by atoms with E-state index in [4.69, 9.17) is 9.51 Å². The van der Waals surface area contributed by atoms with Gasteiger partial charge < -0.3 is 9.84 Å². The fourth-order valence-corrected chi connectivity index (χ4v) is 2.81. The monoisotopic (exact) mass is 348 g/mol. The molecule has 2 aromatic carbocycles. The number of fused-ring (bicyclic) bond motifs is 1. The van der Waals surface area contributed by atoms with Crippen molar-refractivity contribution >= 4 is 16.7 Å². The molecule has 26 heavy (non-hydrogen) atoms. The number of anilines is 1. The zero-order valence-corrected chi connectivity index (χ0v) is 14.5. The van der Waals surface area contributed by atoms with E-state index < -0.39 is 0 Å². The van der Waals surface area contributed by atoms with Crippen LogP contribution in [0.2, 0.25) is 0 Å². The van der Waals surface area contributed by atoms with Crippen molar-refractivity contribution < 1.29 is 8.91 Å². The van der Waals surface area contributed by atoms with Crippen molar-refractivity contribution in [3.05, 3.63) is 71.4 Å². The molecule has 0 amide bonds. The maximum Gasteiger partial charge on any atom is 0.223 e. The van der Waals surface area contributed by atoms with Gasteiger partial charge >= 0.3 is 0 Å². The lowest BCUT2D eigenvalue weighted by Gasteiger charge is -2.11. The highest BCUT2D eigenvalue weighted by Gasteiger charge is 2.15. The van der Waals surface area contributed by atoms with Gasteiger partial charge in [-0.2, -0.15) is 4.98 Å². The molecule has 0 radical (unpaired) electrons. The van der Waals surface area contributed by atoms with E-state index in [2.05, 4.69) is 15.5 Å². The first-order chi connectivity index (χ1) is 12.6. The van der Waals surface area contributed by atoms with Crippen LogP contribution < -0.4 is 5.32 Å². The molecule has 2 aromatic heterocycles. The van der Waals surface area contributed by atoms with Gasteiger partial charge in [0.05, 0.1) is 11.1 Å². The predicted molar refractivity (Wildman–Crippen MR) is 98.2 cm³/mol. The van der Waals surface area contributed by atoms with Crippen LogP contribution in [0.25, 0.3) is 22.3 Å². The van der Waals surface area contributed by atoms with Gasteiger partial charge in [0.15, 0.2) is 0 Å². The van der Waals surface area contributed by atoms with Crippen LogP contribution in [0.15, 0.2) is 53.1 Å². The van der Waals surface area contributed by atoms with Crippen LogP contribution in [0.5, 0.6) is 0 Å². The largest absolute Gasteiger partial charge is 0.365 e. The van der Waals surface area contributed by atoms with E-state index >= 15 is 0 Å². The first-order valence-corrected chi connectivity index (χ1v) is 8.29. The van der Waals surface area contributed by atoms with Crippen molar-refractivity contribution in [1.29, 1.82) is 0 Å². The molecular weight excluding hydrogens is 331 g/mol. The number of pyridine rings is 1. The highest BCUT2D eigenvalue weighted by molar-refractivity contribution is 5.88. The minimum absolute atomic E-state index is 0.256. The van der Waals surface area contributed by atoms with Crippen LogP contribution >= 0.6 is 0 Å². The van der Waals surface area contributed by atoms with Crippen LogP contribution in [0.3, 0.4) is 0 Å². The second-order valence-corrected chi connectivity index (χ2v) is 6.16. The van der Waals surface area contributed by atoms with E-state index in [9.17, 15) is 4.39 Å². The molecule has 4 aromatic rings. The molecule has 0 aliphatic carbocycles. The number of benzene rings is 2. The normalized spacial score (nSPS) is 11.0. The Morgan fingerprint density at radius 1 is 1.04 bits per heavy atom. The van der Waals surface area contributed by atoms with Gasteiger partial charge in [-0.05, 0) is 30.7 Å². The van der Waals surface area contributed by atoms with Gasteiger partial charge in [0.25, 0.3) is 0 Å². The quantitative estimate of drug-likeness (QED) is 0.581. The van der Waals surface area contributed by atoms with Gasteiger partial charge in [-0.25, -0.2) is 9.37 Å². The van der Waals surface area contributed by atoms with Crippen molar-refractivity contribution in [2.45, 2.75) is 20.4 Å². The summed E-state index contributed by atoms with van der Waals surface area (Å²) in [6.45, 7) is 4.06. The summed E-state index contributed by atoms with van der Waals surface area (Å²) in [7, 11) is 0. The summed E-state index contributed by atoms with van der Waals surface area (Å²) < 4.78 is 19.0. The maximum atomic E-state index is 13.9. The molecule has 0 aliphatic heterocycles. The lowest BCUT2D eigenvalue weighted by atomic mass is 10.1. The number of nitrogens with zero attached hydrogens (tertiary/aromatic N) is 3. The van der Waals surface area contributed by atoms with Crippen LogP contribution in [0, 0.1) is 19.7 Å². The van der Waals surface area contributed by atoms with Gasteiger partial charge in [0.1, 0.15) is 11.6 Å². The zero-order valence-electron chi connectivity index (χ0n) is 14.5. The Bertz CT molecular complexity index is 1090. The highest BCUT2D eigenvalue weighted by atomic mass is 19.1. The van der Waals surface area contributed by atoms with E-state index in [0.717, 1.165) is 22.0 Å². The van der Waals surface area contributed by atoms with Crippen molar-refractivity contribution in [3.8, 4) is 11.4 Å². The SMILES string of the molecule is Cc1ccc2cc(-c3noc(C)n3)c(NCc3ccccc3F)nc2c1.